The van der Waals surface area contributed by atoms with Crippen LogP contribution in [-0.2, 0) is 19.8 Å². The molecule has 0 radical (unpaired) electrons. The maximum absolute atomic E-state index is 0. The van der Waals surface area contributed by atoms with Crippen molar-refractivity contribution < 1.29 is 19.8 Å². The molecule has 52 valence electrons. The molecule has 0 aromatic heterocycles. The van der Waals surface area contributed by atoms with E-state index in [0.29, 0.717) is 0 Å². The predicted molar refractivity (Wildman–Crippen MR) is 47.9 cm³/mol. The summed E-state index contributed by atoms with van der Waals surface area (Å²) in [6.45, 7) is 0. The molecule has 3 heteroatoms. The van der Waals surface area contributed by atoms with E-state index in [1.165, 1.54) is 0 Å². The van der Waals surface area contributed by atoms with Gasteiger partial charge >= 0.3 is 19.8 Å². The quantitative estimate of drug-likeness (QED) is 0.473. The summed E-state index contributed by atoms with van der Waals surface area (Å²) in [7, 11) is 0. The zero-order valence-corrected chi connectivity index (χ0v) is 11.1. The van der Waals surface area contributed by atoms with Gasteiger partial charge in [0.1, 0.15) is 0 Å². The minimum atomic E-state index is 0. The summed E-state index contributed by atoms with van der Waals surface area (Å²) >= 11 is 0. The number of hydrogen-bond acceptors (Lipinski definition) is 0. The first-order chi connectivity index (χ1) is 0. The molecule has 0 N–H and O–H groups in total. The van der Waals surface area contributed by atoms with E-state index < -0.39 is 0 Å². The zero-order valence-electron chi connectivity index (χ0n) is 5.77. The maximum Gasteiger partial charge on any atom is 4.00 e. The smallest absolute Gasteiger partial charge is 0.358 e. The molecule has 0 nitrogen and oxygen atoms in total. The van der Waals surface area contributed by atoms with Gasteiger partial charge in [0.15, 0.2) is 0 Å². The number of hydrogen-bond donors (Lipinski definition) is 0. The SMILES string of the molecule is P.P.[CH3-].[CH3-].[CH3-].[CH3-].[Os+4]. The van der Waals surface area contributed by atoms with Crippen molar-refractivity contribution in [1.82, 2.24) is 0 Å². The molecule has 0 aromatic rings. The van der Waals surface area contributed by atoms with Crippen LogP contribution in [0.5, 0.6) is 0 Å². The minimum absolute atomic E-state index is 0. The Morgan fingerprint density at radius 3 is 0.429 bits per heavy atom. The molecule has 0 spiro atoms. The second kappa shape index (κ2) is 141. The van der Waals surface area contributed by atoms with Gasteiger partial charge in [0.2, 0.25) is 0 Å². The molecule has 0 bridgehead atoms. The van der Waals surface area contributed by atoms with E-state index in [4.69, 9.17) is 0 Å². The second-order valence-electron chi connectivity index (χ2n) is 0. The topological polar surface area (TPSA) is 0 Å². The van der Waals surface area contributed by atoms with E-state index in [9.17, 15) is 0 Å². The van der Waals surface area contributed by atoms with Crippen LogP contribution in [0, 0.1) is 29.7 Å². The molecule has 0 aliphatic heterocycles. The summed E-state index contributed by atoms with van der Waals surface area (Å²) in [5, 5.41) is 0. The standard InChI is InChI=1S/4CH3.Os.2H3P/h4*1H3;;2*1H3/q4*-1;+4;;. The van der Waals surface area contributed by atoms with E-state index in [1.807, 2.05) is 0 Å². The van der Waals surface area contributed by atoms with Gasteiger partial charge in [0.05, 0.1) is 0 Å². The van der Waals surface area contributed by atoms with Gasteiger partial charge in [-0.1, -0.05) is 0 Å². The second-order valence-corrected chi connectivity index (χ2v) is 0. The van der Waals surface area contributed by atoms with Gasteiger partial charge < -0.3 is 29.7 Å². The number of rotatable bonds is 0. The molecule has 0 aromatic carbocycles. The van der Waals surface area contributed by atoms with E-state index in [1.54, 1.807) is 0 Å². The first-order valence-electron chi connectivity index (χ1n) is 0. The molecule has 0 saturated carbocycles. The predicted octanol–water partition coefficient (Wildman–Crippen LogP) is 1.91. The molecule has 0 fully saturated rings. The van der Waals surface area contributed by atoms with Crippen molar-refractivity contribution in [3.05, 3.63) is 29.7 Å². The molecule has 0 amide bonds. The molecule has 7 heavy (non-hydrogen) atoms. The van der Waals surface area contributed by atoms with Gasteiger partial charge in [-0.2, -0.15) is 19.8 Å². The van der Waals surface area contributed by atoms with Gasteiger partial charge in [-0.05, 0) is 0 Å². The normalized spacial score (nSPS) is 0. The summed E-state index contributed by atoms with van der Waals surface area (Å²) in [5.41, 5.74) is 0. The van der Waals surface area contributed by atoms with Crippen molar-refractivity contribution in [1.29, 1.82) is 0 Å². The van der Waals surface area contributed by atoms with E-state index in [2.05, 4.69) is 0 Å². The fourth-order valence-electron chi connectivity index (χ4n) is 0. The summed E-state index contributed by atoms with van der Waals surface area (Å²) in [5.74, 6) is 0. The van der Waals surface area contributed by atoms with E-state index in [0.717, 1.165) is 0 Å². The van der Waals surface area contributed by atoms with Gasteiger partial charge in [0, 0.05) is 0 Å². The zero-order chi connectivity index (χ0) is 0. The first kappa shape index (κ1) is 213. The van der Waals surface area contributed by atoms with Gasteiger partial charge in [0.25, 0.3) is 0 Å². The summed E-state index contributed by atoms with van der Waals surface area (Å²) in [4.78, 5) is 0. The molecule has 2 atom stereocenters. The monoisotopic (exact) mass is 320 g/mol. The van der Waals surface area contributed by atoms with Crippen molar-refractivity contribution in [2.75, 3.05) is 0 Å². The Morgan fingerprint density at radius 1 is 0.429 bits per heavy atom. The van der Waals surface area contributed by atoms with Crippen LogP contribution in [0.2, 0.25) is 0 Å². The Kier molecular flexibility index (Phi) is 4300. The average Bonchev–Trinajstić information content (AvgIpc) is 0. The molecule has 0 heterocycles. The Morgan fingerprint density at radius 2 is 0.429 bits per heavy atom. The van der Waals surface area contributed by atoms with Crippen LogP contribution in [0.4, 0.5) is 0 Å². The molecule has 0 saturated heterocycles. The fourth-order valence-corrected chi connectivity index (χ4v) is 0. The van der Waals surface area contributed by atoms with Crippen molar-refractivity contribution in [3.8, 4) is 0 Å². The minimum Gasteiger partial charge on any atom is -0.358 e. The largest absolute Gasteiger partial charge is 4.00 e. The Hall–Kier alpha value is 1.50. The van der Waals surface area contributed by atoms with Gasteiger partial charge in [-0.3, -0.25) is 0 Å². The molecular formula is C4H18OsP2. The summed E-state index contributed by atoms with van der Waals surface area (Å²) in [6, 6.07) is 0. The van der Waals surface area contributed by atoms with Gasteiger partial charge in [-0.15, -0.1) is 0 Å². The maximum atomic E-state index is 0. The molecule has 2 unspecified atom stereocenters. The van der Waals surface area contributed by atoms with Crippen LogP contribution in [-0.4, -0.2) is 0 Å². The van der Waals surface area contributed by atoms with E-state index in [-0.39, 0.29) is 69.3 Å². The molecule has 0 aliphatic rings. The van der Waals surface area contributed by atoms with Crippen molar-refractivity contribution in [2.45, 2.75) is 0 Å². The van der Waals surface area contributed by atoms with Crippen molar-refractivity contribution in [2.24, 2.45) is 0 Å². The fraction of sp³-hybridized carbons (Fsp3) is 0. The molecule has 0 aliphatic carbocycles. The Labute approximate surface area is 69.5 Å². The third-order valence-electron chi connectivity index (χ3n) is 0. The average molecular weight is 318 g/mol. The van der Waals surface area contributed by atoms with Crippen molar-refractivity contribution >= 4 is 19.8 Å². The third-order valence-corrected chi connectivity index (χ3v) is 0. The Bertz CT molecular complexity index is 9.65. The van der Waals surface area contributed by atoms with Crippen LogP contribution >= 0.6 is 19.8 Å². The van der Waals surface area contributed by atoms with Crippen LogP contribution in [0.25, 0.3) is 0 Å². The molecular weight excluding hydrogens is 300 g/mol. The van der Waals surface area contributed by atoms with Crippen LogP contribution < -0.4 is 0 Å². The van der Waals surface area contributed by atoms with Gasteiger partial charge in [-0.25, -0.2) is 0 Å². The molecule has 0 rings (SSSR count). The summed E-state index contributed by atoms with van der Waals surface area (Å²) in [6.07, 6.45) is 0. The third kappa shape index (κ3) is 101. The van der Waals surface area contributed by atoms with Crippen LogP contribution in [0.1, 0.15) is 0 Å². The Balaban J connectivity index is 0. The van der Waals surface area contributed by atoms with Crippen LogP contribution in [0.3, 0.4) is 0 Å². The first-order valence-corrected chi connectivity index (χ1v) is 0. The van der Waals surface area contributed by atoms with Crippen molar-refractivity contribution in [3.63, 3.8) is 0 Å². The summed E-state index contributed by atoms with van der Waals surface area (Å²) < 4.78 is 0. The van der Waals surface area contributed by atoms with Crippen LogP contribution in [0.15, 0.2) is 0 Å². The van der Waals surface area contributed by atoms with E-state index >= 15 is 0 Å².